The van der Waals surface area contributed by atoms with Gasteiger partial charge in [-0.05, 0) is 6.42 Å². The molecule has 1 saturated carbocycles. The number of ether oxygens (including phenoxy) is 4. The lowest BCUT2D eigenvalue weighted by Gasteiger charge is -2.47. The van der Waals surface area contributed by atoms with E-state index in [0.717, 1.165) is 0 Å². The maximum absolute atomic E-state index is 10.6. The SMILES string of the molecule is NC1CC(N)C(OC2OC(CO)C(O)C(O)C2N)C(OC2OC(CO)C(O)C2O)C1O. The van der Waals surface area contributed by atoms with Gasteiger partial charge < -0.3 is 71.9 Å². The van der Waals surface area contributed by atoms with Gasteiger partial charge in [0.15, 0.2) is 12.6 Å². The van der Waals surface area contributed by atoms with Crippen LogP contribution in [-0.4, -0.2) is 135 Å². The summed E-state index contributed by atoms with van der Waals surface area (Å²) in [5.74, 6) is 0. The first kappa shape index (κ1) is 25.1. The molecule has 14 unspecified atom stereocenters. The molecule has 0 aromatic rings. The topological polar surface area (TPSA) is 257 Å². The molecule has 2 aliphatic heterocycles. The van der Waals surface area contributed by atoms with Crippen LogP contribution < -0.4 is 17.2 Å². The minimum absolute atomic E-state index is 0.123. The number of nitrogens with two attached hydrogens (primary N) is 3. The van der Waals surface area contributed by atoms with Crippen LogP contribution in [0.25, 0.3) is 0 Å². The third-order valence-corrected chi connectivity index (χ3v) is 6.07. The fourth-order valence-corrected chi connectivity index (χ4v) is 4.12. The van der Waals surface area contributed by atoms with E-state index in [0.29, 0.717) is 0 Å². The van der Waals surface area contributed by atoms with Gasteiger partial charge in [-0.2, -0.15) is 0 Å². The number of hydrogen-bond acceptors (Lipinski definition) is 14. The zero-order valence-corrected chi connectivity index (χ0v) is 16.7. The zero-order chi connectivity index (χ0) is 23.0. The van der Waals surface area contributed by atoms with Gasteiger partial charge >= 0.3 is 0 Å². The van der Waals surface area contributed by atoms with E-state index >= 15 is 0 Å². The van der Waals surface area contributed by atoms with Crippen molar-refractivity contribution < 1.29 is 54.7 Å². The van der Waals surface area contributed by atoms with Crippen LogP contribution in [0.2, 0.25) is 0 Å². The van der Waals surface area contributed by atoms with Gasteiger partial charge in [0.1, 0.15) is 48.8 Å². The van der Waals surface area contributed by atoms with E-state index in [9.17, 15) is 35.7 Å². The van der Waals surface area contributed by atoms with Crippen molar-refractivity contribution in [2.24, 2.45) is 17.2 Å². The van der Waals surface area contributed by atoms with E-state index in [1.165, 1.54) is 0 Å². The van der Waals surface area contributed by atoms with Gasteiger partial charge in [-0.15, -0.1) is 0 Å². The third-order valence-electron chi connectivity index (χ3n) is 6.07. The lowest BCUT2D eigenvalue weighted by molar-refractivity contribution is -0.310. The molecule has 0 aromatic carbocycles. The monoisotopic (exact) mass is 455 g/mol. The first-order valence-electron chi connectivity index (χ1n) is 10.1. The van der Waals surface area contributed by atoms with E-state index in [1.807, 2.05) is 0 Å². The molecule has 2 saturated heterocycles. The highest BCUT2D eigenvalue weighted by molar-refractivity contribution is 5.01. The Morgan fingerprint density at radius 2 is 1.16 bits per heavy atom. The standard InChI is InChI=1S/C17H33N3O11/c18-4-1-5(19)14(30-16-8(20)12(26)10(24)6(2-21)28-16)15(9(4)23)31-17-13(27)11(25)7(3-22)29-17/h4-17,21-27H,1-3,18-20H2. The Morgan fingerprint density at radius 3 is 1.74 bits per heavy atom. The average Bonchev–Trinajstić information content (AvgIpc) is 3.02. The Balaban J connectivity index is 1.78. The van der Waals surface area contributed by atoms with Crippen molar-refractivity contribution >= 4 is 0 Å². The summed E-state index contributed by atoms with van der Waals surface area (Å²) in [4.78, 5) is 0. The van der Waals surface area contributed by atoms with E-state index < -0.39 is 98.9 Å². The van der Waals surface area contributed by atoms with Gasteiger partial charge in [-0.25, -0.2) is 0 Å². The van der Waals surface area contributed by atoms with Gasteiger partial charge in [-0.1, -0.05) is 0 Å². The maximum Gasteiger partial charge on any atom is 0.187 e. The molecule has 0 radical (unpaired) electrons. The van der Waals surface area contributed by atoms with E-state index in [1.54, 1.807) is 0 Å². The smallest absolute Gasteiger partial charge is 0.187 e. The summed E-state index contributed by atoms with van der Waals surface area (Å²) in [6.07, 6.45) is -14.5. The molecular weight excluding hydrogens is 422 g/mol. The molecule has 3 rings (SSSR count). The molecule has 31 heavy (non-hydrogen) atoms. The molecule has 13 N–H and O–H groups in total. The summed E-state index contributed by atoms with van der Waals surface area (Å²) < 4.78 is 22.2. The quantitative estimate of drug-likeness (QED) is 0.179. The summed E-state index contributed by atoms with van der Waals surface area (Å²) >= 11 is 0. The number of aliphatic hydroxyl groups is 7. The minimum atomic E-state index is -1.52. The molecule has 1 aliphatic carbocycles. The van der Waals surface area contributed by atoms with Crippen LogP contribution in [0.4, 0.5) is 0 Å². The van der Waals surface area contributed by atoms with Crippen molar-refractivity contribution in [2.45, 2.75) is 92.1 Å². The molecule has 14 nitrogen and oxygen atoms in total. The molecule has 14 atom stereocenters. The largest absolute Gasteiger partial charge is 0.394 e. The van der Waals surface area contributed by atoms with Crippen molar-refractivity contribution in [3.63, 3.8) is 0 Å². The Labute approximate surface area is 178 Å². The third kappa shape index (κ3) is 4.87. The van der Waals surface area contributed by atoms with Crippen molar-refractivity contribution in [3.05, 3.63) is 0 Å². The molecular formula is C17H33N3O11. The highest BCUT2D eigenvalue weighted by Crippen LogP contribution is 2.32. The zero-order valence-electron chi connectivity index (χ0n) is 16.7. The van der Waals surface area contributed by atoms with Crippen LogP contribution in [0.15, 0.2) is 0 Å². The molecule has 2 heterocycles. The molecule has 0 spiro atoms. The molecule has 0 amide bonds. The number of hydrogen-bond donors (Lipinski definition) is 10. The van der Waals surface area contributed by atoms with E-state index in [-0.39, 0.29) is 6.42 Å². The second-order valence-corrected chi connectivity index (χ2v) is 8.25. The second-order valence-electron chi connectivity index (χ2n) is 8.25. The number of rotatable bonds is 6. The molecule has 3 aliphatic rings. The van der Waals surface area contributed by atoms with Gasteiger partial charge in [0.05, 0.1) is 25.4 Å². The Kier molecular flexibility index (Phi) is 8.21. The van der Waals surface area contributed by atoms with Crippen LogP contribution in [0, 0.1) is 0 Å². The van der Waals surface area contributed by atoms with Gasteiger partial charge in [-0.3, -0.25) is 0 Å². The fraction of sp³-hybridized carbons (Fsp3) is 1.00. The summed E-state index contributed by atoms with van der Waals surface area (Å²) in [5.41, 5.74) is 18.0. The molecule has 3 fully saturated rings. The van der Waals surface area contributed by atoms with E-state index in [2.05, 4.69) is 0 Å². The molecule has 0 bridgehead atoms. The van der Waals surface area contributed by atoms with Gasteiger partial charge in [0.25, 0.3) is 0 Å². The van der Waals surface area contributed by atoms with Crippen LogP contribution in [0.1, 0.15) is 6.42 Å². The van der Waals surface area contributed by atoms with Crippen LogP contribution >= 0.6 is 0 Å². The second kappa shape index (κ2) is 10.1. The molecule has 182 valence electrons. The summed E-state index contributed by atoms with van der Waals surface area (Å²) in [5, 5.41) is 69.4. The van der Waals surface area contributed by atoms with Crippen LogP contribution in [0.3, 0.4) is 0 Å². The Bertz CT molecular complexity index is 590. The first-order valence-corrected chi connectivity index (χ1v) is 10.1. The van der Waals surface area contributed by atoms with Gasteiger partial charge in [0, 0.05) is 12.1 Å². The first-order chi connectivity index (χ1) is 14.6. The minimum Gasteiger partial charge on any atom is -0.394 e. The van der Waals surface area contributed by atoms with Crippen molar-refractivity contribution in [3.8, 4) is 0 Å². The van der Waals surface area contributed by atoms with Crippen molar-refractivity contribution in [1.82, 2.24) is 0 Å². The highest BCUT2D eigenvalue weighted by Gasteiger charge is 2.52. The Hall–Kier alpha value is -0.560. The van der Waals surface area contributed by atoms with Crippen LogP contribution in [-0.2, 0) is 18.9 Å². The van der Waals surface area contributed by atoms with Crippen molar-refractivity contribution in [1.29, 1.82) is 0 Å². The predicted octanol–water partition coefficient (Wildman–Crippen LogP) is -6.62. The highest BCUT2D eigenvalue weighted by atomic mass is 16.7. The summed E-state index contributed by atoms with van der Waals surface area (Å²) in [6.45, 7) is -1.19. The number of aliphatic hydroxyl groups excluding tert-OH is 7. The Morgan fingerprint density at radius 1 is 0.645 bits per heavy atom. The summed E-state index contributed by atoms with van der Waals surface area (Å²) in [6, 6.07) is -2.82. The normalized spacial score (nSPS) is 53.6. The summed E-state index contributed by atoms with van der Waals surface area (Å²) in [7, 11) is 0. The lowest BCUT2D eigenvalue weighted by atomic mass is 9.84. The van der Waals surface area contributed by atoms with Gasteiger partial charge in [0.2, 0.25) is 0 Å². The van der Waals surface area contributed by atoms with E-state index in [4.69, 9.17) is 36.1 Å². The average molecular weight is 455 g/mol. The molecule has 14 heteroatoms. The van der Waals surface area contributed by atoms with Crippen molar-refractivity contribution in [2.75, 3.05) is 13.2 Å². The lowest BCUT2D eigenvalue weighted by Crippen LogP contribution is -2.68. The van der Waals surface area contributed by atoms with Crippen LogP contribution in [0.5, 0.6) is 0 Å². The predicted molar refractivity (Wildman–Crippen MR) is 99.8 cm³/mol. The fourth-order valence-electron chi connectivity index (χ4n) is 4.12. The maximum atomic E-state index is 10.6. The molecule has 0 aromatic heterocycles.